The lowest BCUT2D eigenvalue weighted by Gasteiger charge is -2.30. The number of ether oxygens (including phenoxy) is 2. The van der Waals surface area contributed by atoms with E-state index in [9.17, 15) is 13.2 Å². The first-order valence-corrected chi connectivity index (χ1v) is 6.50. The van der Waals surface area contributed by atoms with Gasteiger partial charge in [-0.15, -0.1) is 0 Å². The molecule has 2 aliphatic rings. The van der Waals surface area contributed by atoms with Gasteiger partial charge in [-0.3, -0.25) is 4.98 Å². The molecule has 0 amide bonds. The highest BCUT2D eigenvalue weighted by Gasteiger charge is 2.40. The van der Waals surface area contributed by atoms with Crippen LogP contribution in [-0.2, 0) is 15.7 Å². The maximum absolute atomic E-state index is 13.0. The fourth-order valence-corrected chi connectivity index (χ4v) is 2.67. The van der Waals surface area contributed by atoms with E-state index in [1.807, 2.05) is 0 Å². The zero-order chi connectivity index (χ0) is 14.2. The van der Waals surface area contributed by atoms with Gasteiger partial charge < -0.3 is 9.47 Å². The Morgan fingerprint density at radius 2 is 1.95 bits per heavy atom. The molecule has 0 unspecified atom stereocenters. The summed E-state index contributed by atoms with van der Waals surface area (Å²) in [7, 11) is 0. The lowest BCUT2D eigenvalue weighted by Crippen LogP contribution is -2.31. The minimum Gasteiger partial charge on any atom is -0.347 e. The van der Waals surface area contributed by atoms with Crippen molar-refractivity contribution in [3.8, 4) is 0 Å². The number of alkyl halides is 3. The van der Waals surface area contributed by atoms with Crippen molar-refractivity contribution < 1.29 is 22.6 Å². The molecule has 1 aromatic rings. The maximum Gasteiger partial charge on any atom is 0.418 e. The minimum absolute atomic E-state index is 0.0212. The number of halogens is 3. The summed E-state index contributed by atoms with van der Waals surface area (Å²) in [4.78, 5) is 3.91. The van der Waals surface area contributed by atoms with Gasteiger partial charge in [-0.2, -0.15) is 13.2 Å². The van der Waals surface area contributed by atoms with Crippen molar-refractivity contribution in [3.05, 3.63) is 35.7 Å². The number of aromatic nitrogens is 1. The Bertz CT molecular complexity index is 533. The molecule has 3 rings (SSSR count). The summed E-state index contributed by atoms with van der Waals surface area (Å²) in [6, 6.07) is 2.37. The molecule has 6 heteroatoms. The molecule has 3 nitrogen and oxygen atoms in total. The molecule has 108 valence electrons. The molecular formula is C14H14F3NO2. The smallest absolute Gasteiger partial charge is 0.347 e. The first-order chi connectivity index (χ1) is 9.50. The lowest BCUT2D eigenvalue weighted by molar-refractivity contribution is -0.159. The maximum atomic E-state index is 13.0. The Morgan fingerprint density at radius 1 is 1.20 bits per heavy atom. The zero-order valence-electron chi connectivity index (χ0n) is 10.7. The van der Waals surface area contributed by atoms with Gasteiger partial charge in [-0.25, -0.2) is 0 Å². The number of hydrogen-bond acceptors (Lipinski definition) is 3. The number of hydrogen-bond donors (Lipinski definition) is 0. The average molecular weight is 285 g/mol. The lowest BCUT2D eigenvalue weighted by atomic mass is 9.90. The van der Waals surface area contributed by atoms with Crippen LogP contribution in [0.3, 0.4) is 0 Å². The Hall–Kier alpha value is -1.40. The Kier molecular flexibility index (Phi) is 3.30. The van der Waals surface area contributed by atoms with Gasteiger partial charge in [0, 0.05) is 19.0 Å². The zero-order valence-corrected chi connectivity index (χ0v) is 10.7. The van der Waals surface area contributed by atoms with Crippen molar-refractivity contribution in [2.75, 3.05) is 13.2 Å². The van der Waals surface area contributed by atoms with Crippen LogP contribution in [-0.4, -0.2) is 24.0 Å². The van der Waals surface area contributed by atoms with Gasteiger partial charge in [0.25, 0.3) is 0 Å². The summed E-state index contributed by atoms with van der Waals surface area (Å²) in [6.45, 7) is 1.08. The highest BCUT2D eigenvalue weighted by Crippen LogP contribution is 2.41. The first kappa shape index (κ1) is 13.6. The first-order valence-electron chi connectivity index (χ1n) is 6.50. The number of pyridine rings is 1. The summed E-state index contributed by atoms with van der Waals surface area (Å²) >= 11 is 0. The van der Waals surface area contributed by atoms with Crippen LogP contribution in [0.5, 0.6) is 0 Å². The molecule has 1 aromatic heterocycles. The highest BCUT2D eigenvalue weighted by atomic mass is 19.4. The van der Waals surface area contributed by atoms with Gasteiger partial charge in [-0.05, 0) is 24.1 Å². The van der Waals surface area contributed by atoms with Crippen molar-refractivity contribution in [3.63, 3.8) is 0 Å². The SMILES string of the molecule is FC(F)(F)c1cccnc1C1=CCC2(CC1)OCCO2. The van der Waals surface area contributed by atoms with Gasteiger partial charge in [0.05, 0.1) is 24.5 Å². The monoisotopic (exact) mass is 285 g/mol. The molecule has 0 bridgehead atoms. The number of rotatable bonds is 1. The molecule has 1 fully saturated rings. The van der Waals surface area contributed by atoms with Crippen molar-refractivity contribution in [2.24, 2.45) is 0 Å². The van der Waals surface area contributed by atoms with Crippen molar-refractivity contribution in [2.45, 2.75) is 31.2 Å². The molecule has 0 aromatic carbocycles. The normalized spacial score (nSPS) is 22.1. The summed E-state index contributed by atoms with van der Waals surface area (Å²) < 4.78 is 50.1. The van der Waals surface area contributed by atoms with Crippen LogP contribution in [0.2, 0.25) is 0 Å². The standard InChI is InChI=1S/C14H14F3NO2/c15-14(16,17)11-2-1-7-18-12(11)10-3-5-13(6-4-10)19-8-9-20-13/h1-3,7H,4-6,8-9H2. The van der Waals surface area contributed by atoms with E-state index in [-0.39, 0.29) is 5.69 Å². The van der Waals surface area contributed by atoms with Gasteiger partial charge in [0.15, 0.2) is 5.79 Å². The van der Waals surface area contributed by atoms with E-state index in [0.29, 0.717) is 38.0 Å². The van der Waals surface area contributed by atoms with E-state index in [4.69, 9.17) is 9.47 Å². The molecule has 0 radical (unpaired) electrons. The van der Waals surface area contributed by atoms with Crippen LogP contribution < -0.4 is 0 Å². The molecule has 0 saturated carbocycles. The second kappa shape index (κ2) is 4.86. The Morgan fingerprint density at radius 3 is 2.55 bits per heavy atom. The van der Waals surface area contributed by atoms with Crippen molar-refractivity contribution >= 4 is 5.57 Å². The van der Waals surface area contributed by atoms with Crippen LogP contribution in [0.25, 0.3) is 5.57 Å². The van der Waals surface area contributed by atoms with E-state index in [2.05, 4.69) is 4.98 Å². The fraction of sp³-hybridized carbons (Fsp3) is 0.500. The van der Waals surface area contributed by atoms with Crippen LogP contribution in [0, 0.1) is 0 Å². The highest BCUT2D eigenvalue weighted by molar-refractivity contribution is 5.66. The predicted octanol–water partition coefficient (Wildman–Crippen LogP) is 3.41. The fourth-order valence-electron chi connectivity index (χ4n) is 2.67. The second-order valence-electron chi connectivity index (χ2n) is 4.94. The van der Waals surface area contributed by atoms with Crippen molar-refractivity contribution in [1.82, 2.24) is 4.98 Å². The molecule has 0 atom stereocenters. The Labute approximate surface area is 114 Å². The quantitative estimate of drug-likeness (QED) is 0.792. The van der Waals surface area contributed by atoms with E-state index in [1.54, 1.807) is 6.08 Å². The minimum atomic E-state index is -4.39. The summed E-state index contributed by atoms with van der Waals surface area (Å²) in [5.74, 6) is -0.628. The third-order valence-electron chi connectivity index (χ3n) is 3.67. The molecule has 1 aliphatic heterocycles. The van der Waals surface area contributed by atoms with E-state index in [0.717, 1.165) is 6.07 Å². The summed E-state index contributed by atoms with van der Waals surface area (Å²) in [6.07, 6.45) is 0.258. The molecule has 2 heterocycles. The summed E-state index contributed by atoms with van der Waals surface area (Å²) in [5, 5.41) is 0. The number of allylic oxidation sites excluding steroid dienone is 1. The van der Waals surface area contributed by atoms with E-state index in [1.165, 1.54) is 12.3 Å². The van der Waals surface area contributed by atoms with Crippen LogP contribution in [0.1, 0.15) is 30.5 Å². The molecule has 1 aliphatic carbocycles. The third-order valence-corrected chi connectivity index (χ3v) is 3.67. The van der Waals surface area contributed by atoms with Crippen molar-refractivity contribution in [1.29, 1.82) is 0 Å². The van der Waals surface area contributed by atoms with Crippen LogP contribution in [0.15, 0.2) is 24.4 Å². The molecule has 0 N–H and O–H groups in total. The summed E-state index contributed by atoms with van der Waals surface area (Å²) in [5.41, 5.74) is -0.0500. The molecule has 1 saturated heterocycles. The van der Waals surface area contributed by atoms with E-state index < -0.39 is 17.5 Å². The molecule has 1 spiro atoms. The largest absolute Gasteiger partial charge is 0.418 e. The predicted molar refractivity (Wildman–Crippen MR) is 65.7 cm³/mol. The van der Waals surface area contributed by atoms with E-state index >= 15 is 0 Å². The van der Waals surface area contributed by atoms with Gasteiger partial charge >= 0.3 is 6.18 Å². The molecular weight excluding hydrogens is 271 g/mol. The Balaban J connectivity index is 1.89. The average Bonchev–Trinajstić information content (AvgIpc) is 2.87. The topological polar surface area (TPSA) is 31.4 Å². The van der Waals surface area contributed by atoms with Crippen LogP contribution in [0.4, 0.5) is 13.2 Å². The van der Waals surface area contributed by atoms with Crippen LogP contribution >= 0.6 is 0 Å². The number of nitrogens with zero attached hydrogens (tertiary/aromatic N) is 1. The third kappa shape index (κ3) is 2.45. The van der Waals surface area contributed by atoms with Gasteiger partial charge in [-0.1, -0.05) is 6.08 Å². The second-order valence-corrected chi connectivity index (χ2v) is 4.94. The van der Waals surface area contributed by atoms with Gasteiger partial charge in [0.2, 0.25) is 0 Å². The van der Waals surface area contributed by atoms with Gasteiger partial charge in [0.1, 0.15) is 0 Å². The molecule has 20 heavy (non-hydrogen) atoms.